The third-order valence-electron chi connectivity index (χ3n) is 0.616. The van der Waals surface area contributed by atoms with Crippen molar-refractivity contribution >= 4 is 26.9 Å². The van der Waals surface area contributed by atoms with E-state index in [9.17, 15) is 13.2 Å². The smallest absolute Gasteiger partial charge is 0.437 e. The van der Waals surface area contributed by atoms with E-state index < -0.39 is 15.3 Å². The standard InChI is InChI=1S/C3H6ClNO4S/c4-1-2-5-10(8,9)3(6)7/h5H,1-2H2,(H,6,7). The lowest BCUT2D eigenvalue weighted by Gasteiger charge is -1.96. The van der Waals surface area contributed by atoms with Crippen molar-refractivity contribution in [1.29, 1.82) is 0 Å². The highest BCUT2D eigenvalue weighted by atomic mass is 35.5. The van der Waals surface area contributed by atoms with Gasteiger partial charge in [-0.2, -0.15) is 0 Å². The molecule has 0 aromatic heterocycles. The molecule has 5 nitrogen and oxygen atoms in total. The number of nitrogens with one attached hydrogen (secondary N) is 1. The SMILES string of the molecule is O=C(O)S(=O)(=O)NCCCl. The number of hydrogen-bond acceptors (Lipinski definition) is 3. The second-order valence-electron chi connectivity index (χ2n) is 1.35. The van der Waals surface area contributed by atoms with Gasteiger partial charge in [-0.05, 0) is 0 Å². The number of carboxylic acid groups (broad SMARTS) is 1. The molecule has 0 aromatic carbocycles. The molecule has 60 valence electrons. The van der Waals surface area contributed by atoms with E-state index in [1.54, 1.807) is 4.72 Å². The van der Waals surface area contributed by atoms with Crippen molar-refractivity contribution in [2.24, 2.45) is 0 Å². The second kappa shape index (κ2) is 3.75. The van der Waals surface area contributed by atoms with Crippen molar-refractivity contribution in [2.75, 3.05) is 12.4 Å². The van der Waals surface area contributed by atoms with E-state index in [1.807, 2.05) is 0 Å². The third-order valence-corrected chi connectivity index (χ3v) is 1.85. The molecule has 0 radical (unpaired) electrons. The van der Waals surface area contributed by atoms with Crippen LogP contribution in [-0.2, 0) is 10.0 Å². The average molecular weight is 188 g/mol. The number of halogens is 1. The zero-order valence-electron chi connectivity index (χ0n) is 4.87. The van der Waals surface area contributed by atoms with Crippen LogP contribution in [-0.4, -0.2) is 31.3 Å². The molecule has 7 heteroatoms. The summed E-state index contributed by atoms with van der Waals surface area (Å²) in [5, 5.41) is 6.08. The fraction of sp³-hybridized carbons (Fsp3) is 0.667. The van der Waals surface area contributed by atoms with Gasteiger partial charge in [-0.15, -0.1) is 11.6 Å². The normalized spacial score (nSPS) is 11.3. The fourth-order valence-corrected chi connectivity index (χ4v) is 0.935. The van der Waals surface area contributed by atoms with Crippen LogP contribution >= 0.6 is 11.6 Å². The van der Waals surface area contributed by atoms with Gasteiger partial charge < -0.3 is 5.11 Å². The molecule has 2 N–H and O–H groups in total. The maximum Gasteiger partial charge on any atom is 0.437 e. The van der Waals surface area contributed by atoms with E-state index in [0.29, 0.717) is 0 Å². The molecule has 0 amide bonds. The second-order valence-corrected chi connectivity index (χ2v) is 3.38. The van der Waals surface area contributed by atoms with Crippen LogP contribution in [0.25, 0.3) is 0 Å². The van der Waals surface area contributed by atoms with Gasteiger partial charge in [-0.1, -0.05) is 0 Å². The van der Waals surface area contributed by atoms with E-state index in [1.165, 1.54) is 0 Å². The quantitative estimate of drug-likeness (QED) is 0.601. The molecule has 0 fully saturated rings. The Balaban J connectivity index is 4.03. The molecular formula is C3H6ClNO4S. The van der Waals surface area contributed by atoms with Crippen LogP contribution in [0.4, 0.5) is 4.79 Å². The van der Waals surface area contributed by atoms with Crippen LogP contribution in [0.15, 0.2) is 0 Å². The summed E-state index contributed by atoms with van der Waals surface area (Å²) in [5.74, 6) is 0.0481. The lowest BCUT2D eigenvalue weighted by Crippen LogP contribution is -2.30. The summed E-state index contributed by atoms with van der Waals surface area (Å²) < 4.78 is 22.4. The molecule has 0 aliphatic rings. The largest absolute Gasteiger partial charge is 0.469 e. The van der Waals surface area contributed by atoms with Gasteiger partial charge in [-0.3, -0.25) is 0 Å². The average Bonchev–Trinajstić information content (AvgIpc) is 1.84. The summed E-state index contributed by atoms with van der Waals surface area (Å²) in [6.45, 7) is -0.0732. The van der Waals surface area contributed by atoms with Gasteiger partial charge in [0.15, 0.2) is 0 Å². The van der Waals surface area contributed by atoms with Crippen molar-refractivity contribution in [1.82, 2.24) is 4.72 Å². The molecule has 0 rings (SSSR count). The van der Waals surface area contributed by atoms with Crippen LogP contribution < -0.4 is 4.72 Å². The molecule has 10 heavy (non-hydrogen) atoms. The number of hydrogen-bond donors (Lipinski definition) is 2. The molecule has 0 heterocycles. The summed E-state index contributed by atoms with van der Waals surface area (Å²) in [6, 6.07) is 0. The Morgan fingerprint density at radius 3 is 2.40 bits per heavy atom. The Kier molecular flexibility index (Phi) is 3.62. The van der Waals surface area contributed by atoms with Crippen molar-refractivity contribution in [2.45, 2.75) is 0 Å². The van der Waals surface area contributed by atoms with E-state index in [2.05, 4.69) is 0 Å². The Bertz CT molecular complexity index is 211. The van der Waals surface area contributed by atoms with Gasteiger partial charge in [0.05, 0.1) is 0 Å². The van der Waals surface area contributed by atoms with Gasteiger partial charge in [0.25, 0.3) is 0 Å². The number of alkyl halides is 1. The van der Waals surface area contributed by atoms with E-state index in [-0.39, 0.29) is 12.4 Å². The van der Waals surface area contributed by atoms with E-state index in [4.69, 9.17) is 16.7 Å². The highest BCUT2D eigenvalue weighted by Crippen LogP contribution is 1.84. The molecule has 0 atom stereocenters. The minimum absolute atomic E-state index is 0.0481. The first-order chi connectivity index (χ1) is 4.50. The van der Waals surface area contributed by atoms with Crippen LogP contribution in [0, 0.1) is 0 Å². The molecule has 0 spiro atoms. The highest BCUT2D eigenvalue weighted by Gasteiger charge is 2.18. The first kappa shape index (κ1) is 9.67. The summed E-state index contributed by atoms with van der Waals surface area (Å²) in [5.41, 5.74) is 0. The summed E-state index contributed by atoms with van der Waals surface area (Å²) >= 11 is 5.09. The van der Waals surface area contributed by atoms with Gasteiger partial charge in [-0.25, -0.2) is 17.9 Å². The zero-order chi connectivity index (χ0) is 8.20. The van der Waals surface area contributed by atoms with Crippen molar-refractivity contribution in [3.05, 3.63) is 0 Å². The summed E-state index contributed by atoms with van der Waals surface area (Å²) in [6.07, 6.45) is 0. The molecule has 0 aliphatic heterocycles. The van der Waals surface area contributed by atoms with Crippen LogP contribution in [0.1, 0.15) is 0 Å². The number of carbonyl (C=O) groups is 1. The molecule has 0 saturated heterocycles. The first-order valence-corrected chi connectivity index (χ1v) is 4.31. The number of rotatable bonds is 3. The molecule has 0 aromatic rings. The molecule has 0 aliphatic carbocycles. The van der Waals surface area contributed by atoms with Gasteiger partial charge >= 0.3 is 15.3 Å². The van der Waals surface area contributed by atoms with Crippen LogP contribution in [0.2, 0.25) is 0 Å². The van der Waals surface area contributed by atoms with E-state index in [0.717, 1.165) is 0 Å². The third kappa shape index (κ3) is 3.00. The van der Waals surface area contributed by atoms with Gasteiger partial charge in [0, 0.05) is 12.4 Å². The van der Waals surface area contributed by atoms with E-state index >= 15 is 0 Å². The maximum absolute atomic E-state index is 10.3. The lowest BCUT2D eigenvalue weighted by molar-refractivity contribution is 0.219. The number of sulfonamides is 1. The molecule has 0 unspecified atom stereocenters. The Morgan fingerprint density at radius 1 is 1.60 bits per heavy atom. The fourth-order valence-electron chi connectivity index (χ4n) is 0.235. The van der Waals surface area contributed by atoms with Crippen LogP contribution in [0.3, 0.4) is 0 Å². The Labute approximate surface area is 63.0 Å². The minimum Gasteiger partial charge on any atom is -0.469 e. The molecular weight excluding hydrogens is 182 g/mol. The molecule has 0 bridgehead atoms. The topological polar surface area (TPSA) is 83.5 Å². The lowest BCUT2D eigenvalue weighted by atomic mass is 10.8. The monoisotopic (exact) mass is 187 g/mol. The molecule has 0 saturated carbocycles. The summed E-state index contributed by atoms with van der Waals surface area (Å²) in [7, 11) is -4.18. The maximum atomic E-state index is 10.3. The first-order valence-electron chi connectivity index (χ1n) is 2.29. The minimum atomic E-state index is -4.18. The van der Waals surface area contributed by atoms with Crippen molar-refractivity contribution < 1.29 is 18.3 Å². The predicted octanol–water partition coefficient (Wildman–Crippen LogP) is -0.177. The zero-order valence-corrected chi connectivity index (χ0v) is 6.44. The van der Waals surface area contributed by atoms with Gasteiger partial charge in [0.1, 0.15) is 0 Å². The summed E-state index contributed by atoms with van der Waals surface area (Å²) in [4.78, 5) is 9.83. The van der Waals surface area contributed by atoms with Crippen LogP contribution in [0.5, 0.6) is 0 Å². The van der Waals surface area contributed by atoms with Crippen molar-refractivity contribution in [3.8, 4) is 0 Å². The predicted molar refractivity (Wildman–Crippen MR) is 35.7 cm³/mol. The van der Waals surface area contributed by atoms with Gasteiger partial charge in [0.2, 0.25) is 0 Å². The Morgan fingerprint density at radius 2 is 2.10 bits per heavy atom. The Hall–Kier alpha value is -0.330. The van der Waals surface area contributed by atoms with Crippen molar-refractivity contribution in [3.63, 3.8) is 0 Å². The highest BCUT2D eigenvalue weighted by molar-refractivity contribution is 8.03.